The summed E-state index contributed by atoms with van der Waals surface area (Å²) in [5.41, 5.74) is 1.55. The van der Waals surface area contributed by atoms with E-state index in [2.05, 4.69) is 24.3 Å². The summed E-state index contributed by atoms with van der Waals surface area (Å²) in [5, 5.41) is 18.4. The minimum absolute atomic E-state index is 0.169. The van der Waals surface area contributed by atoms with Crippen LogP contribution in [0.4, 0.5) is 0 Å². The number of benzene rings is 1. The summed E-state index contributed by atoms with van der Waals surface area (Å²) in [6, 6.07) is 10.6. The van der Waals surface area contributed by atoms with E-state index in [1.54, 1.807) is 0 Å². The van der Waals surface area contributed by atoms with Crippen molar-refractivity contribution < 1.29 is 10.2 Å². The van der Waals surface area contributed by atoms with Crippen LogP contribution in [0.1, 0.15) is 44.1 Å². The molecule has 0 heterocycles. The van der Waals surface area contributed by atoms with Crippen molar-refractivity contribution in [1.29, 1.82) is 0 Å². The van der Waals surface area contributed by atoms with Gasteiger partial charge in [-0.05, 0) is 55.4 Å². The molecule has 0 atom stereocenters. The first-order valence-electron chi connectivity index (χ1n) is 7.08. The molecule has 1 saturated carbocycles. The van der Waals surface area contributed by atoms with Crippen LogP contribution in [0.15, 0.2) is 30.3 Å². The average Bonchev–Trinajstić information content (AvgIpc) is 2.43. The zero-order valence-corrected chi connectivity index (χ0v) is 11.0. The lowest BCUT2D eigenvalue weighted by molar-refractivity contribution is 0.153. The lowest BCUT2D eigenvalue weighted by Gasteiger charge is -2.40. The fourth-order valence-corrected chi connectivity index (χ4v) is 3.39. The molecule has 2 heteroatoms. The highest BCUT2D eigenvalue weighted by atomic mass is 16.3. The molecule has 1 fully saturated rings. The highest BCUT2D eigenvalue weighted by molar-refractivity contribution is 5.26. The summed E-state index contributed by atoms with van der Waals surface area (Å²) in [5.74, 6) is 0.672. The Labute approximate surface area is 110 Å². The van der Waals surface area contributed by atoms with Gasteiger partial charge in [0.2, 0.25) is 0 Å². The molecular formula is C16H24O2. The number of hydrogen-bond donors (Lipinski definition) is 2. The highest BCUT2D eigenvalue weighted by Gasteiger charge is 2.35. The summed E-state index contributed by atoms with van der Waals surface area (Å²) in [7, 11) is 0. The number of rotatable bonds is 5. The maximum atomic E-state index is 9.37. The summed E-state index contributed by atoms with van der Waals surface area (Å²) in [4.78, 5) is 0. The van der Waals surface area contributed by atoms with E-state index in [9.17, 15) is 5.11 Å². The van der Waals surface area contributed by atoms with Gasteiger partial charge >= 0.3 is 0 Å². The molecule has 0 radical (unpaired) electrons. The van der Waals surface area contributed by atoms with E-state index in [4.69, 9.17) is 5.11 Å². The van der Waals surface area contributed by atoms with Gasteiger partial charge in [0.25, 0.3) is 0 Å². The first-order chi connectivity index (χ1) is 8.80. The predicted molar refractivity (Wildman–Crippen MR) is 73.5 cm³/mol. The van der Waals surface area contributed by atoms with Crippen LogP contribution in [0.5, 0.6) is 0 Å². The van der Waals surface area contributed by atoms with Crippen LogP contribution < -0.4 is 0 Å². The normalized spacial score (nSPS) is 28.2. The Balaban J connectivity index is 2.10. The van der Waals surface area contributed by atoms with E-state index in [-0.39, 0.29) is 12.0 Å². The van der Waals surface area contributed by atoms with Crippen LogP contribution in [-0.4, -0.2) is 23.4 Å². The molecule has 0 bridgehead atoms. The van der Waals surface area contributed by atoms with Crippen LogP contribution in [0, 0.1) is 5.92 Å². The molecule has 0 unspecified atom stereocenters. The average molecular weight is 248 g/mol. The molecule has 1 aliphatic rings. The third-order valence-corrected chi connectivity index (χ3v) is 4.58. The number of aliphatic hydroxyl groups is 2. The minimum Gasteiger partial charge on any atom is -0.396 e. The van der Waals surface area contributed by atoms with Crippen molar-refractivity contribution in [3.05, 3.63) is 35.9 Å². The lowest BCUT2D eigenvalue weighted by atomic mass is 9.64. The van der Waals surface area contributed by atoms with Gasteiger partial charge < -0.3 is 10.2 Å². The monoisotopic (exact) mass is 248 g/mol. The topological polar surface area (TPSA) is 40.5 Å². The standard InChI is InChI=1S/C16H24O2/c17-12-8-14-6-9-16(10-7-14,11-13-18)15-4-2-1-3-5-15/h1-5,14,17-18H,6-13H2. The van der Waals surface area contributed by atoms with Crippen molar-refractivity contribution in [2.75, 3.05) is 13.2 Å². The highest BCUT2D eigenvalue weighted by Crippen LogP contribution is 2.44. The van der Waals surface area contributed by atoms with Gasteiger partial charge in [-0.3, -0.25) is 0 Å². The van der Waals surface area contributed by atoms with Crippen molar-refractivity contribution in [3.8, 4) is 0 Å². The number of hydrogen-bond acceptors (Lipinski definition) is 2. The maximum Gasteiger partial charge on any atom is 0.0439 e. The second kappa shape index (κ2) is 6.35. The quantitative estimate of drug-likeness (QED) is 0.841. The molecule has 0 saturated heterocycles. The molecule has 0 amide bonds. The van der Waals surface area contributed by atoms with Gasteiger partial charge in [-0.1, -0.05) is 30.3 Å². The second-order valence-electron chi connectivity index (χ2n) is 5.58. The molecule has 100 valence electrons. The van der Waals surface area contributed by atoms with Gasteiger partial charge in [0.05, 0.1) is 0 Å². The molecule has 1 aromatic rings. The van der Waals surface area contributed by atoms with Crippen LogP contribution in [0.25, 0.3) is 0 Å². The van der Waals surface area contributed by atoms with E-state index < -0.39 is 0 Å². The van der Waals surface area contributed by atoms with Gasteiger partial charge in [0.1, 0.15) is 0 Å². The fraction of sp³-hybridized carbons (Fsp3) is 0.625. The summed E-state index contributed by atoms with van der Waals surface area (Å²) < 4.78 is 0. The van der Waals surface area contributed by atoms with E-state index in [1.807, 2.05) is 6.07 Å². The molecule has 0 aromatic heterocycles. The lowest BCUT2D eigenvalue weighted by Crippen LogP contribution is -2.33. The van der Waals surface area contributed by atoms with Gasteiger partial charge in [0.15, 0.2) is 0 Å². The van der Waals surface area contributed by atoms with Crippen LogP contribution in [0.3, 0.4) is 0 Å². The third-order valence-electron chi connectivity index (χ3n) is 4.58. The summed E-state index contributed by atoms with van der Waals surface area (Å²) in [6.45, 7) is 0.572. The Kier molecular flexibility index (Phi) is 4.79. The summed E-state index contributed by atoms with van der Waals surface area (Å²) >= 11 is 0. The van der Waals surface area contributed by atoms with Crippen molar-refractivity contribution in [2.45, 2.75) is 43.9 Å². The van der Waals surface area contributed by atoms with Crippen LogP contribution >= 0.6 is 0 Å². The molecule has 2 rings (SSSR count). The minimum atomic E-state index is 0.169. The molecule has 1 aliphatic carbocycles. The van der Waals surface area contributed by atoms with Gasteiger partial charge in [0, 0.05) is 13.2 Å². The van der Waals surface area contributed by atoms with E-state index in [0.717, 1.165) is 25.7 Å². The van der Waals surface area contributed by atoms with Gasteiger partial charge in [-0.15, -0.1) is 0 Å². The Morgan fingerprint density at radius 1 is 1.00 bits per heavy atom. The Hall–Kier alpha value is -0.860. The largest absolute Gasteiger partial charge is 0.396 e. The maximum absolute atomic E-state index is 9.37. The zero-order chi connectivity index (χ0) is 12.8. The Bertz CT molecular complexity index is 339. The Morgan fingerprint density at radius 2 is 1.67 bits per heavy atom. The smallest absolute Gasteiger partial charge is 0.0439 e. The van der Waals surface area contributed by atoms with E-state index in [1.165, 1.54) is 18.4 Å². The first kappa shape index (κ1) is 13.6. The molecule has 2 N–H and O–H groups in total. The SMILES string of the molecule is OCCC1CCC(CCO)(c2ccccc2)CC1. The van der Waals surface area contributed by atoms with Crippen molar-refractivity contribution in [1.82, 2.24) is 0 Å². The molecule has 1 aromatic carbocycles. The third kappa shape index (κ3) is 2.93. The molecule has 18 heavy (non-hydrogen) atoms. The van der Waals surface area contributed by atoms with E-state index in [0.29, 0.717) is 12.5 Å². The molecular weight excluding hydrogens is 224 g/mol. The fourth-order valence-electron chi connectivity index (χ4n) is 3.39. The van der Waals surface area contributed by atoms with Crippen LogP contribution in [-0.2, 0) is 5.41 Å². The number of aliphatic hydroxyl groups excluding tert-OH is 2. The van der Waals surface area contributed by atoms with Crippen molar-refractivity contribution in [3.63, 3.8) is 0 Å². The first-order valence-corrected chi connectivity index (χ1v) is 7.08. The van der Waals surface area contributed by atoms with Crippen LogP contribution in [0.2, 0.25) is 0 Å². The van der Waals surface area contributed by atoms with Crippen molar-refractivity contribution in [2.24, 2.45) is 5.92 Å². The Morgan fingerprint density at radius 3 is 2.22 bits per heavy atom. The van der Waals surface area contributed by atoms with Gasteiger partial charge in [-0.2, -0.15) is 0 Å². The molecule has 0 spiro atoms. The molecule has 2 nitrogen and oxygen atoms in total. The summed E-state index contributed by atoms with van der Waals surface area (Å²) in [6.07, 6.45) is 6.43. The van der Waals surface area contributed by atoms with Crippen molar-refractivity contribution >= 4 is 0 Å². The second-order valence-corrected chi connectivity index (χ2v) is 5.58. The predicted octanol–water partition coefficient (Wildman–Crippen LogP) is 2.88. The zero-order valence-electron chi connectivity index (χ0n) is 11.0. The molecule has 0 aliphatic heterocycles. The van der Waals surface area contributed by atoms with E-state index >= 15 is 0 Å². The van der Waals surface area contributed by atoms with Gasteiger partial charge in [-0.25, -0.2) is 0 Å².